The van der Waals surface area contributed by atoms with Crippen LogP contribution in [0.2, 0.25) is 0 Å². The van der Waals surface area contributed by atoms with Gasteiger partial charge < -0.3 is 20.1 Å². The number of nitrogens with zero attached hydrogens (tertiary/aromatic N) is 2. The van der Waals surface area contributed by atoms with Gasteiger partial charge in [0.05, 0.1) is 13.2 Å². The molecule has 0 aliphatic heterocycles. The maximum Gasteiger partial charge on any atom is 0.193 e. The molecule has 0 spiro atoms. The summed E-state index contributed by atoms with van der Waals surface area (Å²) in [6.07, 6.45) is 2.89. The zero-order valence-electron chi connectivity index (χ0n) is 14.9. The first-order valence-corrected chi connectivity index (χ1v) is 8.45. The second kappa shape index (κ2) is 10.8. The predicted octanol–water partition coefficient (Wildman–Crippen LogP) is 2.87. The van der Waals surface area contributed by atoms with E-state index in [1.54, 1.807) is 7.11 Å². The molecule has 2 unspecified atom stereocenters. The highest BCUT2D eigenvalue weighted by Crippen LogP contribution is 2.25. The third kappa shape index (κ3) is 5.81. The first-order valence-electron chi connectivity index (χ1n) is 8.45. The highest BCUT2D eigenvalue weighted by atomic mass is 127. The molecule has 1 fully saturated rings. The molecule has 6 heteroatoms. The fourth-order valence-electron chi connectivity index (χ4n) is 3.07. The van der Waals surface area contributed by atoms with Gasteiger partial charge in [-0.1, -0.05) is 24.6 Å². The molecule has 2 rings (SSSR count). The van der Waals surface area contributed by atoms with E-state index in [1.807, 2.05) is 25.2 Å². The van der Waals surface area contributed by atoms with Crippen molar-refractivity contribution in [3.8, 4) is 5.75 Å². The third-order valence-electron chi connectivity index (χ3n) is 4.39. The molecule has 0 heterocycles. The monoisotopic (exact) mass is 447 g/mol. The number of hydrogen-bond acceptors (Lipinski definition) is 3. The number of nitrogens with one attached hydrogen (secondary N) is 1. The Morgan fingerprint density at radius 2 is 2.12 bits per heavy atom. The van der Waals surface area contributed by atoms with Crippen molar-refractivity contribution >= 4 is 29.9 Å². The second-order valence-electron chi connectivity index (χ2n) is 6.12. The Kier molecular flexibility index (Phi) is 9.43. The molecular formula is C18H30IN3O2. The van der Waals surface area contributed by atoms with Crippen LogP contribution in [0.1, 0.15) is 31.7 Å². The van der Waals surface area contributed by atoms with E-state index in [9.17, 15) is 5.11 Å². The fraction of sp³-hybridized carbons (Fsp3) is 0.611. The molecule has 136 valence electrons. The Hall–Kier alpha value is -1.02. The average molecular weight is 447 g/mol. The maximum atomic E-state index is 9.95. The number of hydrogen-bond donors (Lipinski definition) is 2. The Labute approximate surface area is 162 Å². The van der Waals surface area contributed by atoms with Gasteiger partial charge in [-0.3, -0.25) is 4.99 Å². The zero-order chi connectivity index (χ0) is 16.7. The summed E-state index contributed by atoms with van der Waals surface area (Å²) >= 11 is 0. The van der Waals surface area contributed by atoms with Crippen molar-refractivity contribution < 1.29 is 9.84 Å². The molecule has 1 aliphatic rings. The van der Waals surface area contributed by atoms with E-state index in [-0.39, 0.29) is 30.1 Å². The number of halogens is 1. The highest BCUT2D eigenvalue weighted by molar-refractivity contribution is 14.0. The molecule has 0 aromatic heterocycles. The summed E-state index contributed by atoms with van der Waals surface area (Å²) in [5.74, 6) is 2.06. The topological polar surface area (TPSA) is 57.1 Å². The van der Waals surface area contributed by atoms with Crippen LogP contribution < -0.4 is 10.1 Å². The molecule has 0 bridgehead atoms. The summed E-state index contributed by atoms with van der Waals surface area (Å²) in [6, 6.07) is 8.04. The van der Waals surface area contributed by atoms with Gasteiger partial charge in [0.2, 0.25) is 0 Å². The molecule has 5 nitrogen and oxygen atoms in total. The van der Waals surface area contributed by atoms with E-state index in [0.717, 1.165) is 49.6 Å². The van der Waals surface area contributed by atoms with Crippen LogP contribution in [0.5, 0.6) is 5.75 Å². The highest BCUT2D eigenvalue weighted by Gasteiger charge is 2.25. The maximum absolute atomic E-state index is 9.95. The summed E-state index contributed by atoms with van der Waals surface area (Å²) in [5, 5.41) is 13.3. The number of benzene rings is 1. The summed E-state index contributed by atoms with van der Waals surface area (Å²) in [7, 11) is 3.72. The van der Waals surface area contributed by atoms with Gasteiger partial charge in [0, 0.05) is 38.2 Å². The molecule has 1 aliphatic carbocycles. The van der Waals surface area contributed by atoms with E-state index in [1.165, 1.54) is 0 Å². The van der Waals surface area contributed by atoms with Crippen LogP contribution in [0.3, 0.4) is 0 Å². The van der Waals surface area contributed by atoms with Crippen molar-refractivity contribution in [1.82, 2.24) is 10.2 Å². The molecule has 0 amide bonds. The van der Waals surface area contributed by atoms with Gasteiger partial charge in [-0.25, -0.2) is 0 Å². The van der Waals surface area contributed by atoms with E-state index in [4.69, 9.17) is 9.73 Å². The van der Waals surface area contributed by atoms with Gasteiger partial charge in [0.1, 0.15) is 5.75 Å². The molecule has 0 saturated heterocycles. The normalized spacial score (nSPS) is 20.4. The third-order valence-corrected chi connectivity index (χ3v) is 4.39. The van der Waals surface area contributed by atoms with Crippen LogP contribution in [-0.2, 0) is 6.54 Å². The van der Waals surface area contributed by atoms with Crippen LogP contribution in [-0.4, -0.2) is 49.3 Å². The number of methoxy groups -OCH3 is 1. The Bertz CT molecular complexity index is 525. The molecule has 1 saturated carbocycles. The number of para-hydroxylation sites is 1. The van der Waals surface area contributed by atoms with E-state index in [2.05, 4.69) is 23.2 Å². The Balaban J connectivity index is 0.00000288. The SMILES string of the molecule is CCNC(=NCC1CCCC1O)N(C)Cc1ccccc1OC.I. The smallest absolute Gasteiger partial charge is 0.193 e. The molecule has 2 N–H and O–H groups in total. The van der Waals surface area contributed by atoms with Crippen LogP contribution >= 0.6 is 24.0 Å². The van der Waals surface area contributed by atoms with E-state index in [0.29, 0.717) is 12.5 Å². The van der Waals surface area contributed by atoms with Crippen LogP contribution in [0, 0.1) is 5.92 Å². The number of guanidine groups is 1. The minimum atomic E-state index is -0.193. The van der Waals surface area contributed by atoms with Crippen LogP contribution in [0.4, 0.5) is 0 Å². The first kappa shape index (κ1) is 21.0. The van der Waals surface area contributed by atoms with Gasteiger partial charge in [0.15, 0.2) is 5.96 Å². The number of aliphatic imine (C=N–C) groups is 1. The molecule has 24 heavy (non-hydrogen) atoms. The number of ether oxygens (including phenoxy) is 1. The van der Waals surface area contributed by atoms with Crippen molar-refractivity contribution in [2.75, 3.05) is 27.2 Å². The van der Waals surface area contributed by atoms with Crippen molar-refractivity contribution in [1.29, 1.82) is 0 Å². The molecule has 1 aromatic carbocycles. The molecule has 0 radical (unpaired) electrons. The van der Waals surface area contributed by atoms with E-state index >= 15 is 0 Å². The lowest BCUT2D eigenvalue weighted by atomic mass is 10.1. The quantitative estimate of drug-likeness (QED) is 0.400. The first-order chi connectivity index (χ1) is 11.2. The summed E-state index contributed by atoms with van der Waals surface area (Å²) in [4.78, 5) is 6.83. The summed E-state index contributed by atoms with van der Waals surface area (Å²) in [6.45, 7) is 4.29. The van der Waals surface area contributed by atoms with Gasteiger partial charge in [-0.15, -0.1) is 24.0 Å². The molecular weight excluding hydrogens is 417 g/mol. The zero-order valence-corrected chi connectivity index (χ0v) is 17.2. The van der Waals surface area contributed by atoms with Gasteiger partial charge >= 0.3 is 0 Å². The van der Waals surface area contributed by atoms with Crippen molar-refractivity contribution in [2.24, 2.45) is 10.9 Å². The number of aliphatic hydroxyl groups excluding tert-OH is 1. The predicted molar refractivity (Wildman–Crippen MR) is 109 cm³/mol. The summed E-state index contributed by atoms with van der Waals surface area (Å²) in [5.41, 5.74) is 1.13. The second-order valence-corrected chi connectivity index (χ2v) is 6.12. The van der Waals surface area contributed by atoms with Gasteiger partial charge in [0.25, 0.3) is 0 Å². The summed E-state index contributed by atoms with van der Waals surface area (Å²) < 4.78 is 5.42. The van der Waals surface area contributed by atoms with Crippen molar-refractivity contribution in [2.45, 2.75) is 38.8 Å². The minimum absolute atomic E-state index is 0. The fourth-order valence-corrected chi connectivity index (χ4v) is 3.07. The largest absolute Gasteiger partial charge is 0.496 e. The Morgan fingerprint density at radius 1 is 1.38 bits per heavy atom. The average Bonchev–Trinajstić information content (AvgIpc) is 2.97. The van der Waals surface area contributed by atoms with Gasteiger partial charge in [-0.05, 0) is 25.8 Å². The number of rotatable bonds is 6. The lowest BCUT2D eigenvalue weighted by Crippen LogP contribution is -2.39. The standard InChI is InChI=1S/C18H29N3O2.HI/c1-4-19-18(20-12-14-9-7-10-16(14)22)21(2)13-15-8-5-6-11-17(15)23-3;/h5-6,8,11,14,16,22H,4,7,9-10,12-13H2,1-3H3,(H,19,20);1H. The minimum Gasteiger partial charge on any atom is -0.496 e. The molecule has 2 atom stereocenters. The van der Waals surface area contributed by atoms with Crippen LogP contribution in [0.15, 0.2) is 29.3 Å². The van der Waals surface area contributed by atoms with Crippen molar-refractivity contribution in [3.63, 3.8) is 0 Å². The van der Waals surface area contributed by atoms with Gasteiger partial charge in [-0.2, -0.15) is 0 Å². The van der Waals surface area contributed by atoms with E-state index < -0.39 is 0 Å². The lowest BCUT2D eigenvalue weighted by Gasteiger charge is -2.24. The lowest BCUT2D eigenvalue weighted by molar-refractivity contribution is 0.136. The Morgan fingerprint density at radius 3 is 2.75 bits per heavy atom. The number of aliphatic hydroxyl groups is 1. The van der Waals surface area contributed by atoms with Crippen molar-refractivity contribution in [3.05, 3.63) is 29.8 Å². The van der Waals surface area contributed by atoms with Crippen LogP contribution in [0.25, 0.3) is 0 Å². The molecule has 1 aromatic rings.